The van der Waals surface area contributed by atoms with Gasteiger partial charge in [-0.1, -0.05) is 12.8 Å². The summed E-state index contributed by atoms with van der Waals surface area (Å²) >= 11 is 0. The molecule has 0 radical (unpaired) electrons. The van der Waals surface area contributed by atoms with Crippen molar-refractivity contribution >= 4 is 0 Å². The highest BCUT2D eigenvalue weighted by atomic mass is 15.2. The van der Waals surface area contributed by atoms with Crippen LogP contribution < -0.4 is 5.32 Å². The van der Waals surface area contributed by atoms with Crippen LogP contribution in [0.2, 0.25) is 0 Å². The van der Waals surface area contributed by atoms with E-state index in [1.807, 2.05) is 0 Å². The Morgan fingerprint density at radius 1 is 1.35 bits per heavy atom. The van der Waals surface area contributed by atoms with Crippen LogP contribution in [0, 0.1) is 5.92 Å². The first kappa shape index (κ1) is 11.3. The van der Waals surface area contributed by atoms with Crippen molar-refractivity contribution in [3.63, 3.8) is 0 Å². The molecule has 1 aromatic rings. The van der Waals surface area contributed by atoms with Gasteiger partial charge in [-0.3, -0.25) is 4.90 Å². The molecule has 3 heteroatoms. The first-order chi connectivity index (χ1) is 8.34. The van der Waals surface area contributed by atoms with Crippen molar-refractivity contribution in [3.8, 4) is 0 Å². The third-order valence-corrected chi connectivity index (χ3v) is 4.17. The quantitative estimate of drug-likeness (QED) is 0.855. The van der Waals surface area contributed by atoms with Gasteiger partial charge in [0.25, 0.3) is 0 Å². The Balaban J connectivity index is 1.77. The molecular formula is C14H23N3. The molecule has 1 atom stereocenters. The van der Waals surface area contributed by atoms with E-state index in [1.54, 1.807) is 0 Å². The van der Waals surface area contributed by atoms with E-state index in [0.717, 1.165) is 19.0 Å². The Kier molecular flexibility index (Phi) is 3.21. The second-order valence-electron chi connectivity index (χ2n) is 5.52. The Bertz CT molecular complexity index is 361. The Morgan fingerprint density at radius 2 is 2.12 bits per heavy atom. The molecule has 1 N–H and O–H groups in total. The van der Waals surface area contributed by atoms with E-state index in [9.17, 15) is 0 Å². The molecule has 17 heavy (non-hydrogen) atoms. The minimum atomic E-state index is 0.643. The molecule has 1 aliphatic heterocycles. The van der Waals surface area contributed by atoms with E-state index in [4.69, 9.17) is 0 Å². The van der Waals surface area contributed by atoms with Crippen molar-refractivity contribution in [2.75, 3.05) is 26.2 Å². The molecular weight excluding hydrogens is 210 g/mol. The lowest BCUT2D eigenvalue weighted by atomic mass is 10.0. The molecule has 1 aliphatic carbocycles. The van der Waals surface area contributed by atoms with Gasteiger partial charge >= 0.3 is 0 Å². The maximum Gasteiger partial charge on any atom is 0.0504 e. The van der Waals surface area contributed by atoms with Crippen molar-refractivity contribution in [2.24, 2.45) is 13.0 Å². The molecule has 2 heterocycles. The second-order valence-corrected chi connectivity index (χ2v) is 5.52. The van der Waals surface area contributed by atoms with Gasteiger partial charge in [-0.05, 0) is 24.5 Å². The van der Waals surface area contributed by atoms with Gasteiger partial charge in [0.2, 0.25) is 0 Å². The fourth-order valence-electron chi connectivity index (χ4n) is 2.94. The van der Waals surface area contributed by atoms with Crippen LogP contribution in [-0.4, -0.2) is 35.6 Å². The van der Waals surface area contributed by atoms with E-state index < -0.39 is 0 Å². The summed E-state index contributed by atoms with van der Waals surface area (Å²) in [7, 11) is 2.18. The molecule has 0 bridgehead atoms. The molecule has 0 aromatic carbocycles. The van der Waals surface area contributed by atoms with Gasteiger partial charge in [-0.2, -0.15) is 0 Å². The molecule has 1 saturated carbocycles. The number of nitrogens with zero attached hydrogens (tertiary/aromatic N) is 2. The fraction of sp³-hybridized carbons (Fsp3) is 0.714. The maximum atomic E-state index is 3.45. The minimum Gasteiger partial charge on any atom is -0.353 e. The first-order valence-electron chi connectivity index (χ1n) is 6.90. The van der Waals surface area contributed by atoms with Gasteiger partial charge in [0, 0.05) is 45.1 Å². The van der Waals surface area contributed by atoms with Crippen molar-refractivity contribution in [2.45, 2.75) is 25.3 Å². The van der Waals surface area contributed by atoms with Crippen LogP contribution >= 0.6 is 0 Å². The third-order valence-electron chi connectivity index (χ3n) is 4.17. The summed E-state index contributed by atoms with van der Waals surface area (Å²) in [5, 5.41) is 3.45. The van der Waals surface area contributed by atoms with E-state index in [1.165, 1.54) is 38.0 Å². The third kappa shape index (κ3) is 2.55. The van der Waals surface area contributed by atoms with Crippen LogP contribution in [0.15, 0.2) is 18.3 Å². The van der Waals surface area contributed by atoms with Crippen molar-refractivity contribution in [3.05, 3.63) is 24.0 Å². The van der Waals surface area contributed by atoms with Crippen LogP contribution in [-0.2, 0) is 7.05 Å². The smallest absolute Gasteiger partial charge is 0.0504 e. The molecule has 2 aliphatic rings. The van der Waals surface area contributed by atoms with Crippen molar-refractivity contribution in [1.29, 1.82) is 0 Å². The van der Waals surface area contributed by atoms with Gasteiger partial charge in [-0.25, -0.2) is 0 Å². The lowest BCUT2D eigenvalue weighted by Gasteiger charge is -2.35. The van der Waals surface area contributed by atoms with Gasteiger partial charge < -0.3 is 9.88 Å². The summed E-state index contributed by atoms with van der Waals surface area (Å²) in [6.07, 6.45) is 6.44. The molecule has 1 aromatic heterocycles. The summed E-state index contributed by atoms with van der Waals surface area (Å²) in [5.41, 5.74) is 1.50. The van der Waals surface area contributed by atoms with Gasteiger partial charge in [0.1, 0.15) is 0 Å². The molecule has 3 rings (SSSR count). The van der Waals surface area contributed by atoms with Crippen LogP contribution in [0.25, 0.3) is 0 Å². The molecule has 0 spiro atoms. The average molecular weight is 233 g/mol. The van der Waals surface area contributed by atoms with E-state index in [2.05, 4.69) is 40.2 Å². The number of aromatic nitrogens is 1. The number of rotatable bonds is 4. The average Bonchev–Trinajstić information content (AvgIpc) is 3.09. The fourth-order valence-corrected chi connectivity index (χ4v) is 2.94. The Labute approximate surface area is 104 Å². The van der Waals surface area contributed by atoms with Gasteiger partial charge in [0.05, 0.1) is 6.04 Å². The van der Waals surface area contributed by atoms with Crippen molar-refractivity contribution in [1.82, 2.24) is 14.8 Å². The zero-order valence-corrected chi connectivity index (χ0v) is 10.7. The summed E-state index contributed by atoms with van der Waals surface area (Å²) in [5.74, 6) is 0.991. The number of piperazine rings is 1. The first-order valence-corrected chi connectivity index (χ1v) is 6.90. The molecule has 94 valence electrons. The van der Waals surface area contributed by atoms with Crippen LogP contribution in [0.4, 0.5) is 0 Å². The van der Waals surface area contributed by atoms with Crippen LogP contribution in [0.1, 0.15) is 31.0 Å². The normalized spacial score (nSPS) is 23.8. The molecule has 2 fully saturated rings. The Hall–Kier alpha value is -0.800. The topological polar surface area (TPSA) is 20.2 Å². The van der Waals surface area contributed by atoms with Gasteiger partial charge in [0.15, 0.2) is 0 Å². The van der Waals surface area contributed by atoms with Crippen LogP contribution in [0.3, 0.4) is 0 Å². The second kappa shape index (κ2) is 4.83. The highest BCUT2D eigenvalue weighted by Gasteiger charge is 2.31. The van der Waals surface area contributed by atoms with E-state index in [-0.39, 0.29) is 0 Å². The maximum absolute atomic E-state index is 3.45. The molecule has 0 unspecified atom stereocenters. The zero-order chi connectivity index (χ0) is 11.7. The summed E-state index contributed by atoms with van der Waals surface area (Å²) < 4.78 is 2.30. The SMILES string of the molecule is Cn1cccc1[C@@H](CC1CC1)N1CCNCC1. The molecule has 3 nitrogen and oxygen atoms in total. The van der Waals surface area contributed by atoms with E-state index in [0.29, 0.717) is 6.04 Å². The van der Waals surface area contributed by atoms with Crippen LogP contribution in [0.5, 0.6) is 0 Å². The highest BCUT2D eigenvalue weighted by molar-refractivity contribution is 5.13. The predicted molar refractivity (Wildman–Crippen MR) is 69.9 cm³/mol. The largest absolute Gasteiger partial charge is 0.353 e. The summed E-state index contributed by atoms with van der Waals surface area (Å²) in [4.78, 5) is 2.67. The highest BCUT2D eigenvalue weighted by Crippen LogP contribution is 2.40. The summed E-state index contributed by atoms with van der Waals surface area (Å²) in [6.45, 7) is 4.68. The number of hydrogen-bond donors (Lipinski definition) is 1. The van der Waals surface area contributed by atoms with E-state index >= 15 is 0 Å². The lowest BCUT2D eigenvalue weighted by Crippen LogP contribution is -2.45. The van der Waals surface area contributed by atoms with Crippen molar-refractivity contribution < 1.29 is 0 Å². The standard InChI is InChI=1S/C14H23N3/c1-16-8-2-3-13(16)14(11-12-4-5-12)17-9-6-15-7-10-17/h2-3,8,12,14-15H,4-7,9-11H2,1H3/t14-/m1/s1. The number of aryl methyl sites for hydroxylation is 1. The molecule has 0 amide bonds. The van der Waals surface area contributed by atoms with Gasteiger partial charge in [-0.15, -0.1) is 0 Å². The Morgan fingerprint density at radius 3 is 2.71 bits per heavy atom. The summed E-state index contributed by atoms with van der Waals surface area (Å²) in [6, 6.07) is 5.12. The monoisotopic (exact) mass is 233 g/mol. The predicted octanol–water partition coefficient (Wildman–Crippen LogP) is 1.77. The number of nitrogens with one attached hydrogen (secondary N) is 1. The number of hydrogen-bond acceptors (Lipinski definition) is 2. The zero-order valence-electron chi connectivity index (χ0n) is 10.7. The molecule has 1 saturated heterocycles. The minimum absolute atomic E-state index is 0.643. The lowest BCUT2D eigenvalue weighted by molar-refractivity contribution is 0.155.